The normalized spacial score (nSPS) is 29.5. The van der Waals surface area contributed by atoms with Gasteiger partial charge < -0.3 is 0 Å². The number of hydrogen-bond acceptors (Lipinski definition) is 1. The lowest BCUT2D eigenvalue weighted by molar-refractivity contribution is 0.0919. The van der Waals surface area contributed by atoms with E-state index in [-0.39, 0.29) is 5.78 Å². The van der Waals surface area contributed by atoms with Gasteiger partial charge in [0.25, 0.3) is 0 Å². The molecule has 1 nitrogen and oxygen atoms in total. The molecule has 0 aliphatic heterocycles. The van der Waals surface area contributed by atoms with E-state index in [0.717, 1.165) is 42.7 Å². The van der Waals surface area contributed by atoms with Crippen LogP contribution in [0.4, 0.5) is 8.78 Å². The summed E-state index contributed by atoms with van der Waals surface area (Å²) in [5.74, 6) is 1.23. The first-order valence-corrected chi connectivity index (χ1v) is 10.5. The number of Topliss-reactive ketones (excluding diaryl/α,β-unsaturated/α-hetero) is 1. The summed E-state index contributed by atoms with van der Waals surface area (Å²) in [5, 5.41) is 0. The highest BCUT2D eigenvalue weighted by atomic mass is 19.2. The maximum Gasteiger partial charge on any atom is 0.163 e. The van der Waals surface area contributed by atoms with Crippen molar-refractivity contribution in [3.63, 3.8) is 0 Å². The minimum atomic E-state index is -0.932. The average Bonchev–Trinajstić information content (AvgIpc) is 2.65. The van der Waals surface area contributed by atoms with Crippen molar-refractivity contribution in [2.24, 2.45) is 23.7 Å². The maximum absolute atomic E-state index is 13.3. The number of benzene rings is 1. The van der Waals surface area contributed by atoms with Crippen LogP contribution in [-0.2, 0) is 0 Å². The number of halogens is 2. The molecule has 2 fully saturated rings. The summed E-state index contributed by atoms with van der Waals surface area (Å²) >= 11 is 0. The Bertz CT molecular complexity index is 596. The second kappa shape index (κ2) is 9.10. The van der Waals surface area contributed by atoms with Gasteiger partial charge in [-0.3, -0.25) is 4.79 Å². The Morgan fingerprint density at radius 3 is 2.00 bits per heavy atom. The van der Waals surface area contributed by atoms with Crippen LogP contribution in [0.3, 0.4) is 0 Å². The van der Waals surface area contributed by atoms with Crippen LogP contribution in [0.15, 0.2) is 18.2 Å². The Kier molecular flexibility index (Phi) is 6.83. The first-order valence-electron chi connectivity index (χ1n) is 10.5. The van der Waals surface area contributed by atoms with Gasteiger partial charge in [-0.15, -0.1) is 0 Å². The first kappa shape index (κ1) is 19.5. The van der Waals surface area contributed by atoms with E-state index < -0.39 is 11.6 Å². The Hall–Kier alpha value is -1.25. The standard InChI is InChI=1S/C23H32F2O/c1-2-3-16-4-8-18(9-5-16)19-10-6-17(7-11-19)14-23(26)20-12-13-21(24)22(25)15-20/h12-13,15-19H,2-11,14H2,1H3. The summed E-state index contributed by atoms with van der Waals surface area (Å²) in [6.45, 7) is 2.29. The molecule has 2 aliphatic rings. The molecule has 3 rings (SSSR count). The molecular weight excluding hydrogens is 330 g/mol. The van der Waals surface area contributed by atoms with Crippen molar-refractivity contribution in [2.75, 3.05) is 0 Å². The summed E-state index contributed by atoms with van der Waals surface area (Å²) in [7, 11) is 0. The maximum atomic E-state index is 13.3. The Morgan fingerprint density at radius 2 is 1.46 bits per heavy atom. The van der Waals surface area contributed by atoms with Gasteiger partial charge in [0.1, 0.15) is 0 Å². The van der Waals surface area contributed by atoms with Gasteiger partial charge in [0, 0.05) is 12.0 Å². The van der Waals surface area contributed by atoms with Gasteiger partial charge in [0.05, 0.1) is 0 Å². The molecule has 0 unspecified atom stereocenters. The first-order chi connectivity index (χ1) is 12.6. The Balaban J connectivity index is 1.44. The Morgan fingerprint density at radius 1 is 0.885 bits per heavy atom. The van der Waals surface area contributed by atoms with Gasteiger partial charge >= 0.3 is 0 Å². The summed E-state index contributed by atoms with van der Waals surface area (Å²) in [6, 6.07) is 3.49. The molecule has 26 heavy (non-hydrogen) atoms. The second-order valence-corrected chi connectivity index (χ2v) is 8.61. The van der Waals surface area contributed by atoms with Crippen LogP contribution in [-0.4, -0.2) is 5.78 Å². The van der Waals surface area contributed by atoms with Crippen LogP contribution in [0.2, 0.25) is 0 Å². The fourth-order valence-corrected chi connectivity index (χ4v) is 5.27. The van der Waals surface area contributed by atoms with Crippen molar-refractivity contribution >= 4 is 5.78 Å². The molecule has 0 atom stereocenters. The van der Waals surface area contributed by atoms with Gasteiger partial charge in [0.15, 0.2) is 17.4 Å². The summed E-state index contributed by atoms with van der Waals surface area (Å²) in [6.07, 6.45) is 13.5. The monoisotopic (exact) mass is 362 g/mol. The molecule has 2 saturated carbocycles. The molecule has 0 N–H and O–H groups in total. The zero-order chi connectivity index (χ0) is 18.5. The number of ketones is 1. The van der Waals surface area contributed by atoms with Crippen molar-refractivity contribution in [2.45, 2.75) is 77.6 Å². The van der Waals surface area contributed by atoms with Crippen molar-refractivity contribution < 1.29 is 13.6 Å². The van der Waals surface area contributed by atoms with Crippen LogP contribution in [0.1, 0.15) is 87.9 Å². The molecule has 0 spiro atoms. The zero-order valence-electron chi connectivity index (χ0n) is 16.0. The van der Waals surface area contributed by atoms with E-state index in [1.165, 1.54) is 57.4 Å². The number of carbonyl (C=O) groups excluding carboxylic acids is 1. The van der Waals surface area contributed by atoms with Crippen LogP contribution in [0.25, 0.3) is 0 Å². The van der Waals surface area contributed by atoms with Crippen LogP contribution in [0, 0.1) is 35.3 Å². The van der Waals surface area contributed by atoms with Crippen LogP contribution in [0.5, 0.6) is 0 Å². The highest BCUT2D eigenvalue weighted by Crippen LogP contribution is 2.42. The lowest BCUT2D eigenvalue weighted by atomic mass is 9.68. The summed E-state index contributed by atoms with van der Waals surface area (Å²) in [5.41, 5.74) is 0.306. The summed E-state index contributed by atoms with van der Waals surface area (Å²) in [4.78, 5) is 12.4. The second-order valence-electron chi connectivity index (χ2n) is 8.61. The third kappa shape index (κ3) is 4.92. The van der Waals surface area contributed by atoms with Crippen LogP contribution < -0.4 is 0 Å². The average molecular weight is 363 g/mol. The zero-order valence-corrected chi connectivity index (χ0v) is 16.0. The SMILES string of the molecule is CCCC1CCC(C2CCC(CC(=O)c3ccc(F)c(F)c3)CC2)CC1. The quantitative estimate of drug-likeness (QED) is 0.500. The highest BCUT2D eigenvalue weighted by Gasteiger charge is 2.31. The number of carbonyl (C=O) groups is 1. The molecule has 0 bridgehead atoms. The van der Waals surface area contributed by atoms with E-state index in [1.807, 2.05) is 0 Å². The predicted molar refractivity (Wildman–Crippen MR) is 101 cm³/mol. The predicted octanol–water partition coefficient (Wildman–Crippen LogP) is 6.95. The van der Waals surface area contributed by atoms with E-state index in [4.69, 9.17) is 0 Å². The Labute approximate surface area is 156 Å². The topological polar surface area (TPSA) is 17.1 Å². The van der Waals surface area contributed by atoms with E-state index in [0.29, 0.717) is 17.9 Å². The molecule has 0 saturated heterocycles. The van der Waals surface area contributed by atoms with Gasteiger partial charge in [-0.1, -0.05) is 32.6 Å². The minimum absolute atomic E-state index is 0.0487. The molecule has 0 radical (unpaired) electrons. The fourth-order valence-electron chi connectivity index (χ4n) is 5.27. The van der Waals surface area contributed by atoms with E-state index in [2.05, 4.69) is 6.92 Å². The highest BCUT2D eigenvalue weighted by molar-refractivity contribution is 5.96. The largest absolute Gasteiger partial charge is 0.294 e. The minimum Gasteiger partial charge on any atom is -0.294 e. The molecule has 0 heterocycles. The van der Waals surface area contributed by atoms with Crippen LogP contribution >= 0.6 is 0 Å². The summed E-state index contributed by atoms with van der Waals surface area (Å²) < 4.78 is 26.3. The van der Waals surface area contributed by atoms with E-state index in [9.17, 15) is 13.6 Å². The van der Waals surface area contributed by atoms with Gasteiger partial charge in [0.2, 0.25) is 0 Å². The molecule has 3 heteroatoms. The lowest BCUT2D eigenvalue weighted by Crippen LogP contribution is -2.26. The molecule has 144 valence electrons. The molecule has 0 aromatic heterocycles. The van der Waals surface area contributed by atoms with Gasteiger partial charge in [-0.05, 0) is 80.4 Å². The van der Waals surface area contributed by atoms with E-state index >= 15 is 0 Å². The van der Waals surface area contributed by atoms with Crippen molar-refractivity contribution in [1.29, 1.82) is 0 Å². The smallest absolute Gasteiger partial charge is 0.163 e. The molecule has 2 aliphatic carbocycles. The molecular formula is C23H32F2O. The molecule has 1 aromatic rings. The molecule has 0 amide bonds. The lowest BCUT2D eigenvalue weighted by Gasteiger charge is -2.37. The third-order valence-electron chi connectivity index (χ3n) is 6.86. The van der Waals surface area contributed by atoms with Crippen molar-refractivity contribution in [3.8, 4) is 0 Å². The van der Waals surface area contributed by atoms with Gasteiger partial charge in [-0.2, -0.15) is 0 Å². The van der Waals surface area contributed by atoms with E-state index in [1.54, 1.807) is 0 Å². The molecule has 1 aromatic carbocycles. The fraction of sp³-hybridized carbons (Fsp3) is 0.696. The number of hydrogen-bond donors (Lipinski definition) is 0. The van der Waals surface area contributed by atoms with Gasteiger partial charge in [-0.25, -0.2) is 8.78 Å². The third-order valence-corrected chi connectivity index (χ3v) is 6.86. The van der Waals surface area contributed by atoms with Crippen molar-refractivity contribution in [1.82, 2.24) is 0 Å². The van der Waals surface area contributed by atoms with Crippen molar-refractivity contribution in [3.05, 3.63) is 35.4 Å². The number of rotatable bonds is 6.